The molecule has 1 aromatic rings. The van der Waals surface area contributed by atoms with Crippen molar-refractivity contribution in [2.45, 2.75) is 50.6 Å². The molecular formula is C19H26FN3O2. The first-order valence-electron chi connectivity index (χ1n) is 9.17. The van der Waals surface area contributed by atoms with Crippen molar-refractivity contribution in [3.8, 4) is 0 Å². The molecular weight excluding hydrogens is 321 g/mol. The minimum absolute atomic E-state index is 0.0800. The van der Waals surface area contributed by atoms with Crippen LogP contribution >= 0.6 is 0 Å². The Morgan fingerprint density at radius 2 is 2.16 bits per heavy atom. The van der Waals surface area contributed by atoms with E-state index in [-0.39, 0.29) is 23.7 Å². The number of halogens is 1. The van der Waals surface area contributed by atoms with Crippen LogP contribution in [0.3, 0.4) is 0 Å². The Balaban J connectivity index is 1.53. The van der Waals surface area contributed by atoms with Crippen LogP contribution in [0.4, 0.5) is 4.39 Å². The first kappa shape index (κ1) is 17.9. The van der Waals surface area contributed by atoms with Crippen molar-refractivity contribution >= 4 is 11.8 Å². The molecule has 0 spiro atoms. The molecule has 2 aliphatic heterocycles. The molecule has 2 N–H and O–H groups in total. The number of likely N-dealkylation sites (tertiary alicyclic amines) is 1. The van der Waals surface area contributed by atoms with Gasteiger partial charge in [-0.2, -0.15) is 0 Å². The molecule has 0 bridgehead atoms. The summed E-state index contributed by atoms with van der Waals surface area (Å²) in [6, 6.07) is 6.49. The summed E-state index contributed by atoms with van der Waals surface area (Å²) >= 11 is 0. The van der Waals surface area contributed by atoms with E-state index in [2.05, 4.69) is 15.5 Å². The summed E-state index contributed by atoms with van der Waals surface area (Å²) in [5, 5.41) is 5.71. The number of carbonyl (C=O) groups excluding carboxylic acids is 2. The number of hydrogen-bond acceptors (Lipinski definition) is 3. The third-order valence-corrected chi connectivity index (χ3v) is 5.08. The Morgan fingerprint density at radius 3 is 3.00 bits per heavy atom. The lowest BCUT2D eigenvalue weighted by atomic mass is 10.0. The number of benzene rings is 1. The predicted molar refractivity (Wildman–Crippen MR) is 93.5 cm³/mol. The monoisotopic (exact) mass is 347 g/mol. The topological polar surface area (TPSA) is 61.4 Å². The molecule has 0 aliphatic carbocycles. The first-order valence-corrected chi connectivity index (χ1v) is 9.17. The molecule has 0 unspecified atom stereocenters. The summed E-state index contributed by atoms with van der Waals surface area (Å²) in [6.45, 7) is 1.85. The molecule has 25 heavy (non-hydrogen) atoms. The van der Waals surface area contributed by atoms with Crippen LogP contribution in [0.2, 0.25) is 0 Å². The van der Waals surface area contributed by atoms with Crippen LogP contribution in [-0.4, -0.2) is 48.4 Å². The normalized spacial score (nSPS) is 24.6. The summed E-state index contributed by atoms with van der Waals surface area (Å²) in [5.74, 6) is -0.407. The fourth-order valence-corrected chi connectivity index (χ4v) is 3.77. The second-order valence-corrected chi connectivity index (χ2v) is 7.01. The highest BCUT2D eigenvalue weighted by Crippen LogP contribution is 2.21. The standard InChI is InChI=1S/C19H26FN3O2/c20-15-6-3-5-14(11-15)12-16-7-4-10-23(16)13-18(24)22-17-8-1-2-9-21-19(17)25/h3,5-6,11,16-17H,1-2,4,7-10,12-13H2,(H,21,25)(H,22,24)/t16-,17+/m0/s1. The lowest BCUT2D eigenvalue weighted by Crippen LogP contribution is -2.49. The maximum absolute atomic E-state index is 13.4. The van der Waals surface area contributed by atoms with E-state index in [9.17, 15) is 14.0 Å². The van der Waals surface area contributed by atoms with E-state index >= 15 is 0 Å². The van der Waals surface area contributed by atoms with Crippen molar-refractivity contribution in [1.29, 1.82) is 0 Å². The highest BCUT2D eigenvalue weighted by Gasteiger charge is 2.28. The number of nitrogens with one attached hydrogen (secondary N) is 2. The Morgan fingerprint density at radius 1 is 1.28 bits per heavy atom. The maximum Gasteiger partial charge on any atom is 0.242 e. The number of amides is 2. The second kappa shape index (κ2) is 8.43. The minimum atomic E-state index is -0.417. The van der Waals surface area contributed by atoms with Gasteiger partial charge in [0.2, 0.25) is 11.8 Å². The minimum Gasteiger partial charge on any atom is -0.354 e. The van der Waals surface area contributed by atoms with Crippen LogP contribution < -0.4 is 10.6 Å². The maximum atomic E-state index is 13.4. The molecule has 0 saturated carbocycles. The van der Waals surface area contributed by atoms with E-state index in [1.807, 2.05) is 6.07 Å². The molecule has 6 heteroatoms. The van der Waals surface area contributed by atoms with E-state index in [1.165, 1.54) is 6.07 Å². The quantitative estimate of drug-likeness (QED) is 0.851. The van der Waals surface area contributed by atoms with Gasteiger partial charge in [-0.25, -0.2) is 4.39 Å². The summed E-state index contributed by atoms with van der Waals surface area (Å²) in [6.07, 6.45) is 5.39. The van der Waals surface area contributed by atoms with Crippen LogP contribution in [0.25, 0.3) is 0 Å². The van der Waals surface area contributed by atoms with Crippen molar-refractivity contribution in [3.05, 3.63) is 35.6 Å². The van der Waals surface area contributed by atoms with Gasteiger partial charge < -0.3 is 10.6 Å². The molecule has 0 aromatic heterocycles. The Bertz CT molecular complexity index is 622. The average Bonchev–Trinajstić information content (AvgIpc) is 2.89. The average molecular weight is 347 g/mol. The van der Waals surface area contributed by atoms with Gasteiger partial charge in [0.1, 0.15) is 11.9 Å². The lowest BCUT2D eigenvalue weighted by molar-refractivity contribution is -0.129. The van der Waals surface area contributed by atoms with E-state index < -0.39 is 6.04 Å². The fraction of sp³-hybridized carbons (Fsp3) is 0.579. The Hall–Kier alpha value is -1.95. The first-order chi connectivity index (χ1) is 12.1. The van der Waals surface area contributed by atoms with Gasteiger partial charge in [-0.15, -0.1) is 0 Å². The highest BCUT2D eigenvalue weighted by molar-refractivity contribution is 5.88. The molecule has 2 saturated heterocycles. The van der Waals surface area contributed by atoms with Gasteiger partial charge in [0.15, 0.2) is 0 Å². The number of carbonyl (C=O) groups is 2. The van der Waals surface area contributed by atoms with Crippen molar-refractivity contribution in [1.82, 2.24) is 15.5 Å². The fourth-order valence-electron chi connectivity index (χ4n) is 3.77. The zero-order valence-corrected chi connectivity index (χ0v) is 14.5. The molecule has 2 amide bonds. The van der Waals surface area contributed by atoms with E-state index in [1.54, 1.807) is 12.1 Å². The van der Waals surface area contributed by atoms with Gasteiger partial charge >= 0.3 is 0 Å². The Kier molecular flexibility index (Phi) is 6.02. The third kappa shape index (κ3) is 5.01. The second-order valence-electron chi connectivity index (χ2n) is 7.01. The molecule has 2 atom stereocenters. The van der Waals surface area contributed by atoms with Crippen molar-refractivity contribution in [2.75, 3.05) is 19.6 Å². The lowest BCUT2D eigenvalue weighted by Gasteiger charge is -2.25. The van der Waals surface area contributed by atoms with Crippen LogP contribution in [0.15, 0.2) is 24.3 Å². The number of rotatable bonds is 5. The SMILES string of the molecule is O=C(CN1CCC[C@H]1Cc1cccc(F)c1)N[C@@H]1CCCCNC1=O. The summed E-state index contributed by atoms with van der Waals surface area (Å²) in [7, 11) is 0. The number of hydrogen-bond donors (Lipinski definition) is 2. The summed E-state index contributed by atoms with van der Waals surface area (Å²) in [5.41, 5.74) is 0.959. The van der Waals surface area contributed by atoms with Gasteiger partial charge in [-0.05, 0) is 62.8 Å². The molecule has 136 valence electrons. The molecule has 2 fully saturated rings. The zero-order chi connectivity index (χ0) is 17.6. The van der Waals surface area contributed by atoms with Gasteiger partial charge in [0.05, 0.1) is 6.54 Å². The smallest absolute Gasteiger partial charge is 0.242 e. The molecule has 2 heterocycles. The van der Waals surface area contributed by atoms with Crippen LogP contribution in [0.1, 0.15) is 37.7 Å². The summed E-state index contributed by atoms with van der Waals surface area (Å²) in [4.78, 5) is 26.5. The van der Waals surface area contributed by atoms with E-state index in [4.69, 9.17) is 0 Å². The van der Waals surface area contributed by atoms with Crippen molar-refractivity contribution in [3.63, 3.8) is 0 Å². The van der Waals surface area contributed by atoms with Gasteiger partial charge in [0.25, 0.3) is 0 Å². The molecule has 3 rings (SSSR count). The van der Waals surface area contributed by atoms with E-state index in [0.29, 0.717) is 19.5 Å². The molecule has 2 aliphatic rings. The van der Waals surface area contributed by atoms with Crippen LogP contribution in [0.5, 0.6) is 0 Å². The van der Waals surface area contributed by atoms with E-state index in [0.717, 1.165) is 44.2 Å². The van der Waals surface area contributed by atoms with Crippen LogP contribution in [0, 0.1) is 5.82 Å². The molecule has 1 aromatic carbocycles. The predicted octanol–water partition coefficient (Wildman–Crippen LogP) is 1.62. The van der Waals surface area contributed by atoms with Crippen LogP contribution in [-0.2, 0) is 16.0 Å². The third-order valence-electron chi connectivity index (χ3n) is 5.08. The zero-order valence-electron chi connectivity index (χ0n) is 14.5. The Labute approximate surface area is 148 Å². The van der Waals surface area contributed by atoms with Crippen molar-refractivity contribution < 1.29 is 14.0 Å². The summed E-state index contributed by atoms with van der Waals surface area (Å²) < 4.78 is 13.4. The number of nitrogens with zero attached hydrogens (tertiary/aromatic N) is 1. The van der Waals surface area contributed by atoms with Gasteiger partial charge in [-0.1, -0.05) is 12.1 Å². The molecule has 5 nitrogen and oxygen atoms in total. The molecule has 0 radical (unpaired) electrons. The highest BCUT2D eigenvalue weighted by atomic mass is 19.1. The largest absolute Gasteiger partial charge is 0.354 e. The van der Waals surface area contributed by atoms with Crippen molar-refractivity contribution in [2.24, 2.45) is 0 Å². The van der Waals surface area contributed by atoms with Gasteiger partial charge in [-0.3, -0.25) is 14.5 Å². The van der Waals surface area contributed by atoms with Gasteiger partial charge in [0, 0.05) is 12.6 Å².